The summed E-state index contributed by atoms with van der Waals surface area (Å²) in [5.41, 5.74) is 0.917. The van der Waals surface area contributed by atoms with Crippen LogP contribution in [-0.4, -0.2) is 16.7 Å². The van der Waals surface area contributed by atoms with Crippen molar-refractivity contribution < 1.29 is 0 Å². The van der Waals surface area contributed by atoms with E-state index in [2.05, 4.69) is 32.2 Å². The van der Waals surface area contributed by atoms with Gasteiger partial charge in [-0.1, -0.05) is 0 Å². The standard InChI is InChI=1S/C12H19N3/c1-12(2,3)14-7-5-9-15-8-4-6-11(15)10-13/h4,6,8,14H,5,7,9H2,1-3H3. The number of aryl methyl sites for hydroxylation is 1. The monoisotopic (exact) mass is 205 g/mol. The second kappa shape index (κ2) is 4.99. The maximum atomic E-state index is 8.81. The van der Waals surface area contributed by atoms with Crippen molar-refractivity contribution in [3.63, 3.8) is 0 Å². The van der Waals surface area contributed by atoms with Gasteiger partial charge in [0.15, 0.2) is 0 Å². The Morgan fingerprint density at radius 1 is 1.47 bits per heavy atom. The molecule has 0 aliphatic carbocycles. The highest BCUT2D eigenvalue weighted by atomic mass is 15.0. The van der Waals surface area contributed by atoms with Crippen LogP contribution < -0.4 is 5.32 Å². The molecule has 3 nitrogen and oxygen atoms in total. The van der Waals surface area contributed by atoms with E-state index >= 15 is 0 Å². The van der Waals surface area contributed by atoms with Crippen LogP contribution in [0, 0.1) is 11.3 Å². The summed E-state index contributed by atoms with van der Waals surface area (Å²) in [6.45, 7) is 8.35. The van der Waals surface area contributed by atoms with Crippen LogP contribution in [0.1, 0.15) is 32.9 Å². The molecule has 0 atom stereocenters. The lowest BCUT2D eigenvalue weighted by molar-refractivity contribution is 0.413. The molecule has 1 heterocycles. The average molecular weight is 205 g/mol. The van der Waals surface area contributed by atoms with E-state index in [1.54, 1.807) is 0 Å². The molecular formula is C12H19N3. The molecule has 0 aliphatic heterocycles. The van der Waals surface area contributed by atoms with Crippen molar-refractivity contribution in [3.8, 4) is 6.07 Å². The van der Waals surface area contributed by atoms with Crippen LogP contribution in [0.5, 0.6) is 0 Å². The highest BCUT2D eigenvalue weighted by Gasteiger charge is 2.07. The highest BCUT2D eigenvalue weighted by molar-refractivity contribution is 5.21. The normalized spacial score (nSPS) is 11.3. The lowest BCUT2D eigenvalue weighted by Crippen LogP contribution is -2.36. The number of nitrogens with one attached hydrogen (secondary N) is 1. The third-order valence-electron chi connectivity index (χ3n) is 2.18. The molecule has 15 heavy (non-hydrogen) atoms. The molecule has 3 heteroatoms. The fourth-order valence-electron chi connectivity index (χ4n) is 1.42. The van der Waals surface area contributed by atoms with E-state index in [0.717, 1.165) is 25.2 Å². The number of aromatic nitrogens is 1. The van der Waals surface area contributed by atoms with Gasteiger partial charge in [0.2, 0.25) is 0 Å². The molecule has 1 rings (SSSR count). The van der Waals surface area contributed by atoms with Gasteiger partial charge in [0.1, 0.15) is 11.8 Å². The third-order valence-corrected chi connectivity index (χ3v) is 2.18. The largest absolute Gasteiger partial charge is 0.339 e. The van der Waals surface area contributed by atoms with Crippen LogP contribution in [0.3, 0.4) is 0 Å². The Hall–Kier alpha value is -1.27. The van der Waals surface area contributed by atoms with Crippen LogP contribution >= 0.6 is 0 Å². The number of hydrogen-bond donors (Lipinski definition) is 1. The van der Waals surface area contributed by atoms with Gasteiger partial charge in [0.05, 0.1) is 0 Å². The molecule has 0 bridgehead atoms. The van der Waals surface area contributed by atoms with E-state index in [0.29, 0.717) is 0 Å². The minimum Gasteiger partial charge on any atom is -0.339 e. The summed E-state index contributed by atoms with van der Waals surface area (Å²) in [5, 5.41) is 12.2. The van der Waals surface area contributed by atoms with E-state index in [1.807, 2.05) is 22.9 Å². The van der Waals surface area contributed by atoms with Gasteiger partial charge in [-0.15, -0.1) is 0 Å². The summed E-state index contributed by atoms with van der Waals surface area (Å²) in [4.78, 5) is 0. The van der Waals surface area contributed by atoms with Crippen molar-refractivity contribution in [1.29, 1.82) is 5.26 Å². The van der Waals surface area contributed by atoms with Gasteiger partial charge in [0.25, 0.3) is 0 Å². The molecule has 0 aliphatic rings. The molecule has 0 amide bonds. The maximum absolute atomic E-state index is 8.81. The maximum Gasteiger partial charge on any atom is 0.120 e. The summed E-state index contributed by atoms with van der Waals surface area (Å²) in [7, 11) is 0. The lowest BCUT2D eigenvalue weighted by atomic mass is 10.1. The van der Waals surface area contributed by atoms with Gasteiger partial charge in [0, 0.05) is 18.3 Å². The fourth-order valence-corrected chi connectivity index (χ4v) is 1.42. The number of rotatable bonds is 4. The smallest absolute Gasteiger partial charge is 0.120 e. The van der Waals surface area contributed by atoms with E-state index in [1.165, 1.54) is 0 Å². The van der Waals surface area contributed by atoms with Crippen molar-refractivity contribution >= 4 is 0 Å². The Kier molecular flexibility index (Phi) is 3.93. The SMILES string of the molecule is CC(C)(C)NCCCn1cccc1C#N. The molecule has 0 saturated heterocycles. The van der Waals surface area contributed by atoms with Gasteiger partial charge in [-0.2, -0.15) is 5.26 Å². The van der Waals surface area contributed by atoms with Crippen molar-refractivity contribution in [2.24, 2.45) is 0 Å². The Morgan fingerprint density at radius 2 is 2.20 bits per heavy atom. The third kappa shape index (κ3) is 4.18. The summed E-state index contributed by atoms with van der Waals surface area (Å²) in [6.07, 6.45) is 3.00. The Morgan fingerprint density at radius 3 is 2.80 bits per heavy atom. The van der Waals surface area contributed by atoms with Crippen LogP contribution in [0.4, 0.5) is 0 Å². The zero-order valence-corrected chi connectivity index (χ0v) is 9.75. The fraction of sp³-hybridized carbons (Fsp3) is 0.583. The quantitative estimate of drug-likeness (QED) is 0.765. The zero-order valence-electron chi connectivity index (χ0n) is 9.75. The van der Waals surface area contributed by atoms with Crippen molar-refractivity contribution in [3.05, 3.63) is 24.0 Å². The van der Waals surface area contributed by atoms with Crippen LogP contribution in [-0.2, 0) is 6.54 Å². The summed E-state index contributed by atoms with van der Waals surface area (Å²) >= 11 is 0. The Labute approximate surface area is 91.7 Å². The minimum atomic E-state index is 0.175. The topological polar surface area (TPSA) is 40.8 Å². The van der Waals surface area contributed by atoms with Gasteiger partial charge in [-0.25, -0.2) is 0 Å². The van der Waals surface area contributed by atoms with Crippen molar-refractivity contribution in [2.45, 2.75) is 39.3 Å². The first-order valence-electron chi connectivity index (χ1n) is 5.33. The first kappa shape index (κ1) is 11.8. The average Bonchev–Trinajstić information content (AvgIpc) is 2.58. The molecule has 1 N–H and O–H groups in total. The number of nitrogens with zero attached hydrogens (tertiary/aromatic N) is 2. The summed E-state index contributed by atoms with van der Waals surface area (Å²) in [6, 6.07) is 5.93. The predicted octanol–water partition coefficient (Wildman–Crippen LogP) is 2.14. The predicted molar refractivity (Wildman–Crippen MR) is 61.5 cm³/mol. The summed E-state index contributed by atoms with van der Waals surface area (Å²) in [5.74, 6) is 0. The Bertz CT molecular complexity index is 338. The van der Waals surface area contributed by atoms with Crippen LogP contribution in [0.2, 0.25) is 0 Å². The second-order valence-electron chi connectivity index (χ2n) is 4.73. The molecule has 1 aromatic heterocycles. The molecule has 0 spiro atoms. The van der Waals surface area contributed by atoms with Gasteiger partial charge in [-0.3, -0.25) is 0 Å². The van der Waals surface area contributed by atoms with Gasteiger partial charge < -0.3 is 9.88 Å². The van der Waals surface area contributed by atoms with Crippen molar-refractivity contribution in [1.82, 2.24) is 9.88 Å². The van der Waals surface area contributed by atoms with E-state index < -0.39 is 0 Å². The molecule has 82 valence electrons. The highest BCUT2D eigenvalue weighted by Crippen LogP contribution is 2.02. The van der Waals surface area contributed by atoms with Crippen molar-refractivity contribution in [2.75, 3.05) is 6.54 Å². The second-order valence-corrected chi connectivity index (χ2v) is 4.73. The van der Waals surface area contributed by atoms with Crippen LogP contribution in [0.25, 0.3) is 0 Å². The molecule has 0 aromatic carbocycles. The minimum absolute atomic E-state index is 0.175. The first-order chi connectivity index (χ1) is 7.03. The Balaban J connectivity index is 2.30. The van der Waals surface area contributed by atoms with Gasteiger partial charge in [-0.05, 0) is 45.9 Å². The van der Waals surface area contributed by atoms with E-state index in [4.69, 9.17) is 5.26 Å². The van der Waals surface area contributed by atoms with Crippen LogP contribution in [0.15, 0.2) is 18.3 Å². The van der Waals surface area contributed by atoms with E-state index in [9.17, 15) is 0 Å². The lowest BCUT2D eigenvalue weighted by Gasteiger charge is -2.20. The first-order valence-corrected chi connectivity index (χ1v) is 5.33. The zero-order chi connectivity index (χ0) is 11.3. The molecule has 0 saturated carbocycles. The number of nitriles is 1. The summed E-state index contributed by atoms with van der Waals surface area (Å²) < 4.78 is 1.99. The molecule has 1 aromatic rings. The van der Waals surface area contributed by atoms with Gasteiger partial charge >= 0.3 is 0 Å². The molecular weight excluding hydrogens is 186 g/mol. The number of hydrogen-bond acceptors (Lipinski definition) is 2. The molecule has 0 unspecified atom stereocenters. The molecule has 0 radical (unpaired) electrons. The van der Waals surface area contributed by atoms with E-state index in [-0.39, 0.29) is 5.54 Å². The molecule has 0 fully saturated rings.